The molecule has 2 nitrogen and oxygen atoms in total. The van der Waals surface area contributed by atoms with Gasteiger partial charge in [0.2, 0.25) is 0 Å². The number of nitrogens with one attached hydrogen (secondary N) is 1. The predicted octanol–water partition coefficient (Wildman–Crippen LogP) is 2.91. The van der Waals surface area contributed by atoms with E-state index in [9.17, 15) is 4.79 Å². The van der Waals surface area contributed by atoms with Gasteiger partial charge in [-0.3, -0.25) is 4.79 Å². The van der Waals surface area contributed by atoms with Crippen molar-refractivity contribution in [3.63, 3.8) is 0 Å². The maximum absolute atomic E-state index is 12.2. The Kier molecular flexibility index (Phi) is 2.65. The molecule has 2 bridgehead atoms. The molecule has 0 spiro atoms. The van der Waals surface area contributed by atoms with Crippen LogP contribution < -0.4 is 5.32 Å². The fourth-order valence-electron chi connectivity index (χ4n) is 3.50. The summed E-state index contributed by atoms with van der Waals surface area (Å²) in [5.74, 6) is 1.73. The molecule has 2 aliphatic rings. The molecule has 0 aliphatic heterocycles. The molecule has 2 saturated carbocycles. The van der Waals surface area contributed by atoms with E-state index in [2.05, 4.69) is 5.32 Å². The minimum absolute atomic E-state index is 0.112. The van der Waals surface area contributed by atoms with E-state index in [1.165, 1.54) is 25.7 Å². The first-order valence-corrected chi connectivity index (χ1v) is 6.60. The van der Waals surface area contributed by atoms with Crippen LogP contribution in [0.3, 0.4) is 0 Å². The first kappa shape index (κ1) is 10.8. The lowest BCUT2D eigenvalue weighted by Crippen LogP contribution is -2.38. The summed E-state index contributed by atoms with van der Waals surface area (Å²) in [6.07, 6.45) is 5.21. The lowest BCUT2D eigenvalue weighted by atomic mass is 9.95. The van der Waals surface area contributed by atoms with Crippen LogP contribution in [-0.2, 0) is 0 Å². The number of benzene rings is 1. The van der Waals surface area contributed by atoms with E-state index in [0.717, 1.165) is 23.0 Å². The van der Waals surface area contributed by atoms with Gasteiger partial charge in [0, 0.05) is 11.6 Å². The second kappa shape index (κ2) is 4.17. The smallest absolute Gasteiger partial charge is 0.251 e. The quantitative estimate of drug-likeness (QED) is 0.830. The van der Waals surface area contributed by atoms with E-state index in [1.807, 2.05) is 31.2 Å². The van der Waals surface area contributed by atoms with Gasteiger partial charge in [-0.05, 0) is 49.7 Å². The Morgan fingerprint density at radius 1 is 1.24 bits per heavy atom. The first-order valence-electron chi connectivity index (χ1n) is 6.60. The van der Waals surface area contributed by atoms with Crippen LogP contribution in [0, 0.1) is 18.8 Å². The number of fused-ring (bicyclic) bond motifs is 2. The standard InChI is InChI=1S/C15H19NO/c1-10-4-2-3-5-13(10)15(17)16-14-9-11-6-7-12(14)8-11/h2-5,11-12,14H,6-9H2,1H3,(H,16,17). The van der Waals surface area contributed by atoms with Gasteiger partial charge >= 0.3 is 0 Å². The molecule has 0 heterocycles. The second-order valence-electron chi connectivity index (χ2n) is 5.57. The Labute approximate surface area is 102 Å². The molecule has 2 fully saturated rings. The number of hydrogen-bond acceptors (Lipinski definition) is 1. The molecule has 90 valence electrons. The van der Waals surface area contributed by atoms with E-state index in [0.29, 0.717) is 6.04 Å². The number of carbonyl (C=O) groups excluding carboxylic acids is 1. The minimum atomic E-state index is 0.112. The third kappa shape index (κ3) is 1.97. The van der Waals surface area contributed by atoms with Crippen molar-refractivity contribution < 1.29 is 4.79 Å². The van der Waals surface area contributed by atoms with E-state index < -0.39 is 0 Å². The predicted molar refractivity (Wildman–Crippen MR) is 67.9 cm³/mol. The van der Waals surface area contributed by atoms with E-state index in [-0.39, 0.29) is 5.91 Å². The molecule has 3 atom stereocenters. The molecule has 3 unspecified atom stereocenters. The second-order valence-corrected chi connectivity index (χ2v) is 5.57. The Hall–Kier alpha value is -1.31. The van der Waals surface area contributed by atoms with Crippen LogP contribution in [0.15, 0.2) is 24.3 Å². The normalized spacial score (nSPS) is 30.5. The van der Waals surface area contributed by atoms with Crippen LogP contribution in [-0.4, -0.2) is 11.9 Å². The molecular weight excluding hydrogens is 210 g/mol. The van der Waals surface area contributed by atoms with Crippen LogP contribution in [0.5, 0.6) is 0 Å². The van der Waals surface area contributed by atoms with Crippen LogP contribution in [0.2, 0.25) is 0 Å². The Morgan fingerprint density at radius 2 is 2.06 bits per heavy atom. The monoisotopic (exact) mass is 229 g/mol. The van der Waals surface area contributed by atoms with Crippen molar-refractivity contribution in [3.8, 4) is 0 Å². The maximum Gasteiger partial charge on any atom is 0.251 e. The summed E-state index contributed by atoms with van der Waals surface area (Å²) in [4.78, 5) is 12.2. The van der Waals surface area contributed by atoms with Crippen LogP contribution in [0.4, 0.5) is 0 Å². The van der Waals surface area contributed by atoms with Crippen molar-refractivity contribution in [2.24, 2.45) is 11.8 Å². The maximum atomic E-state index is 12.2. The van der Waals surface area contributed by atoms with Gasteiger partial charge in [0.1, 0.15) is 0 Å². The SMILES string of the molecule is Cc1ccccc1C(=O)NC1CC2CCC1C2. The van der Waals surface area contributed by atoms with Gasteiger partial charge in [-0.25, -0.2) is 0 Å². The summed E-state index contributed by atoms with van der Waals surface area (Å²) < 4.78 is 0. The van der Waals surface area contributed by atoms with Gasteiger partial charge < -0.3 is 5.32 Å². The summed E-state index contributed by atoms with van der Waals surface area (Å²) >= 11 is 0. The topological polar surface area (TPSA) is 29.1 Å². The molecule has 1 aromatic rings. The van der Waals surface area contributed by atoms with Crippen LogP contribution in [0.1, 0.15) is 41.6 Å². The lowest BCUT2D eigenvalue weighted by molar-refractivity contribution is 0.0922. The fourth-order valence-corrected chi connectivity index (χ4v) is 3.50. The van der Waals surface area contributed by atoms with Crippen molar-refractivity contribution in [1.29, 1.82) is 0 Å². The zero-order valence-electron chi connectivity index (χ0n) is 10.3. The summed E-state index contributed by atoms with van der Waals surface area (Å²) in [5.41, 5.74) is 1.89. The molecule has 17 heavy (non-hydrogen) atoms. The number of hydrogen-bond donors (Lipinski definition) is 1. The van der Waals surface area contributed by atoms with E-state index >= 15 is 0 Å². The minimum Gasteiger partial charge on any atom is -0.349 e. The van der Waals surface area contributed by atoms with Crippen LogP contribution in [0.25, 0.3) is 0 Å². The average molecular weight is 229 g/mol. The molecule has 0 radical (unpaired) electrons. The van der Waals surface area contributed by atoms with Gasteiger partial charge in [-0.2, -0.15) is 0 Å². The molecule has 1 amide bonds. The average Bonchev–Trinajstić information content (AvgIpc) is 2.91. The molecule has 1 aromatic carbocycles. The summed E-state index contributed by atoms with van der Waals surface area (Å²) in [6.45, 7) is 2.00. The van der Waals surface area contributed by atoms with Gasteiger partial charge in [0.25, 0.3) is 5.91 Å². The molecular formula is C15H19NO. The van der Waals surface area contributed by atoms with Gasteiger partial charge in [0.05, 0.1) is 0 Å². The molecule has 0 aromatic heterocycles. The third-order valence-corrected chi connectivity index (χ3v) is 4.44. The first-order chi connectivity index (χ1) is 8.24. The van der Waals surface area contributed by atoms with Gasteiger partial charge in [-0.15, -0.1) is 0 Å². The zero-order chi connectivity index (χ0) is 11.8. The number of carbonyl (C=O) groups is 1. The fraction of sp³-hybridized carbons (Fsp3) is 0.533. The van der Waals surface area contributed by atoms with E-state index in [4.69, 9.17) is 0 Å². The van der Waals surface area contributed by atoms with Crippen molar-refractivity contribution in [2.75, 3.05) is 0 Å². The van der Waals surface area contributed by atoms with Crippen molar-refractivity contribution >= 4 is 5.91 Å². The zero-order valence-corrected chi connectivity index (χ0v) is 10.3. The van der Waals surface area contributed by atoms with Gasteiger partial charge in [-0.1, -0.05) is 24.6 Å². The van der Waals surface area contributed by atoms with Crippen molar-refractivity contribution in [3.05, 3.63) is 35.4 Å². The highest BCUT2D eigenvalue weighted by Crippen LogP contribution is 2.44. The summed E-state index contributed by atoms with van der Waals surface area (Å²) in [5, 5.41) is 3.23. The van der Waals surface area contributed by atoms with Crippen molar-refractivity contribution in [2.45, 2.75) is 38.6 Å². The molecule has 1 N–H and O–H groups in total. The highest BCUT2D eigenvalue weighted by Gasteiger charge is 2.40. The number of aryl methyl sites for hydroxylation is 1. The summed E-state index contributed by atoms with van der Waals surface area (Å²) in [6, 6.07) is 8.25. The summed E-state index contributed by atoms with van der Waals surface area (Å²) in [7, 11) is 0. The highest BCUT2D eigenvalue weighted by molar-refractivity contribution is 5.95. The molecule has 2 aliphatic carbocycles. The van der Waals surface area contributed by atoms with E-state index in [1.54, 1.807) is 0 Å². The highest BCUT2D eigenvalue weighted by atomic mass is 16.1. The Balaban J connectivity index is 1.70. The van der Waals surface area contributed by atoms with Crippen molar-refractivity contribution in [1.82, 2.24) is 5.32 Å². The Bertz CT molecular complexity index is 440. The molecule has 2 heteroatoms. The number of rotatable bonds is 2. The van der Waals surface area contributed by atoms with Crippen LogP contribution >= 0.6 is 0 Å². The Morgan fingerprint density at radius 3 is 2.71 bits per heavy atom. The number of amides is 1. The molecule has 3 rings (SSSR count). The third-order valence-electron chi connectivity index (χ3n) is 4.44. The molecule has 0 saturated heterocycles. The largest absolute Gasteiger partial charge is 0.349 e. The van der Waals surface area contributed by atoms with Gasteiger partial charge in [0.15, 0.2) is 0 Å². The lowest BCUT2D eigenvalue weighted by Gasteiger charge is -2.23.